The van der Waals surface area contributed by atoms with Gasteiger partial charge in [0.25, 0.3) is 0 Å². The lowest BCUT2D eigenvalue weighted by Crippen LogP contribution is -1.88. The van der Waals surface area contributed by atoms with Gasteiger partial charge in [-0.2, -0.15) is 0 Å². The van der Waals surface area contributed by atoms with E-state index in [9.17, 15) is 0 Å². The van der Waals surface area contributed by atoms with Crippen molar-refractivity contribution in [2.75, 3.05) is 7.11 Å². The minimum Gasteiger partial charge on any atom is -0.496 e. The first-order valence-corrected chi connectivity index (χ1v) is 8.28. The first kappa shape index (κ1) is 14.6. The summed E-state index contributed by atoms with van der Waals surface area (Å²) in [5, 5.41) is 3.61. The Labute approximate surface area is 140 Å². The molecule has 1 aromatic heterocycles. The van der Waals surface area contributed by atoms with E-state index in [0.29, 0.717) is 5.02 Å². The molecule has 21 heavy (non-hydrogen) atoms. The number of hydrogen-bond acceptors (Lipinski definition) is 3. The first-order valence-electron chi connectivity index (χ1n) is 6.23. The predicted octanol–water partition coefficient (Wildman–Crippen LogP) is 5.90. The van der Waals surface area contributed by atoms with Gasteiger partial charge in [0.15, 0.2) is 0 Å². The van der Waals surface area contributed by atoms with E-state index >= 15 is 0 Å². The van der Waals surface area contributed by atoms with E-state index in [1.54, 1.807) is 24.5 Å². The topological polar surface area (TPSA) is 22.1 Å². The van der Waals surface area contributed by atoms with Gasteiger partial charge in [0.1, 0.15) is 10.8 Å². The molecule has 3 aromatic rings. The monoisotopic (exact) mass is 379 g/mol. The van der Waals surface area contributed by atoms with Gasteiger partial charge in [-0.05, 0) is 24.3 Å². The molecule has 0 radical (unpaired) electrons. The molecule has 0 aliphatic rings. The Balaban J connectivity index is 2.05. The van der Waals surface area contributed by atoms with Crippen LogP contribution in [0.5, 0.6) is 5.75 Å². The van der Waals surface area contributed by atoms with Gasteiger partial charge >= 0.3 is 0 Å². The normalized spacial score (nSPS) is 10.6. The molecule has 0 atom stereocenters. The SMILES string of the molecule is COc1cc(Cl)ccc1-c1nc(-c2ccccc2Br)cs1. The average Bonchev–Trinajstić information content (AvgIpc) is 2.97. The Kier molecular flexibility index (Phi) is 4.29. The highest BCUT2D eigenvalue weighted by molar-refractivity contribution is 9.10. The van der Waals surface area contributed by atoms with Crippen molar-refractivity contribution in [2.24, 2.45) is 0 Å². The second kappa shape index (κ2) is 6.18. The van der Waals surface area contributed by atoms with Gasteiger partial charge in [-0.1, -0.05) is 45.7 Å². The average molecular weight is 381 g/mol. The number of benzene rings is 2. The van der Waals surface area contributed by atoms with E-state index in [-0.39, 0.29) is 0 Å². The van der Waals surface area contributed by atoms with Crippen molar-refractivity contribution in [1.29, 1.82) is 0 Å². The van der Waals surface area contributed by atoms with Gasteiger partial charge in [-0.3, -0.25) is 0 Å². The molecule has 0 saturated carbocycles. The van der Waals surface area contributed by atoms with E-state index in [1.807, 2.05) is 41.8 Å². The molecule has 1 heterocycles. The number of thiazole rings is 1. The van der Waals surface area contributed by atoms with Gasteiger partial charge in [-0.25, -0.2) is 4.98 Å². The van der Waals surface area contributed by atoms with Crippen LogP contribution in [0.4, 0.5) is 0 Å². The number of hydrogen-bond donors (Lipinski definition) is 0. The van der Waals surface area contributed by atoms with Crippen molar-refractivity contribution < 1.29 is 4.74 Å². The van der Waals surface area contributed by atoms with Crippen molar-refractivity contribution >= 4 is 38.9 Å². The Bertz CT molecular complexity index is 787. The Hall–Kier alpha value is -1.36. The van der Waals surface area contributed by atoms with Crippen LogP contribution in [0.2, 0.25) is 5.02 Å². The molecule has 0 aliphatic heterocycles. The highest BCUT2D eigenvalue weighted by Gasteiger charge is 2.13. The lowest BCUT2D eigenvalue weighted by molar-refractivity contribution is 0.416. The lowest BCUT2D eigenvalue weighted by atomic mass is 10.2. The van der Waals surface area contributed by atoms with Gasteiger partial charge in [0.05, 0.1) is 18.4 Å². The largest absolute Gasteiger partial charge is 0.496 e. The molecule has 2 nitrogen and oxygen atoms in total. The quantitative estimate of drug-likeness (QED) is 0.564. The maximum atomic E-state index is 6.00. The molecule has 0 unspecified atom stereocenters. The van der Waals surface area contributed by atoms with Crippen LogP contribution >= 0.6 is 38.9 Å². The highest BCUT2D eigenvalue weighted by atomic mass is 79.9. The molecular weight excluding hydrogens is 370 g/mol. The third kappa shape index (κ3) is 2.98. The Morgan fingerprint density at radius 3 is 2.71 bits per heavy atom. The maximum Gasteiger partial charge on any atom is 0.130 e. The zero-order valence-electron chi connectivity index (χ0n) is 11.1. The summed E-state index contributed by atoms with van der Waals surface area (Å²) < 4.78 is 6.42. The number of aromatic nitrogens is 1. The van der Waals surface area contributed by atoms with E-state index in [4.69, 9.17) is 21.3 Å². The van der Waals surface area contributed by atoms with E-state index in [1.165, 1.54) is 0 Å². The second-order valence-corrected chi connectivity index (χ2v) is 6.51. The molecule has 3 rings (SSSR count). The smallest absolute Gasteiger partial charge is 0.130 e. The van der Waals surface area contributed by atoms with Crippen LogP contribution in [0.15, 0.2) is 52.3 Å². The molecule has 0 spiro atoms. The summed E-state index contributed by atoms with van der Waals surface area (Å²) in [6.07, 6.45) is 0. The van der Waals surface area contributed by atoms with Crippen LogP contribution in [0.3, 0.4) is 0 Å². The summed E-state index contributed by atoms with van der Waals surface area (Å²) >= 11 is 11.1. The number of rotatable bonds is 3. The lowest BCUT2D eigenvalue weighted by Gasteiger charge is -2.06. The number of nitrogens with zero attached hydrogens (tertiary/aromatic N) is 1. The van der Waals surface area contributed by atoms with Crippen LogP contribution in [0, 0.1) is 0 Å². The second-order valence-electron chi connectivity index (χ2n) is 4.36. The van der Waals surface area contributed by atoms with Crippen LogP contribution in [-0.2, 0) is 0 Å². The summed E-state index contributed by atoms with van der Waals surface area (Å²) in [7, 11) is 1.64. The standard InChI is InChI=1S/C16H11BrClNOS/c1-20-15-8-10(18)6-7-12(15)16-19-14(9-21-16)11-4-2-3-5-13(11)17/h2-9H,1H3. The molecule has 0 amide bonds. The molecule has 106 valence electrons. The van der Waals surface area contributed by atoms with Crippen molar-refractivity contribution in [3.8, 4) is 27.6 Å². The number of halogens is 2. The van der Waals surface area contributed by atoms with Crippen LogP contribution < -0.4 is 4.74 Å². The Morgan fingerprint density at radius 2 is 1.95 bits per heavy atom. The first-order chi connectivity index (χ1) is 10.2. The summed E-state index contributed by atoms with van der Waals surface area (Å²) in [5.74, 6) is 0.732. The summed E-state index contributed by atoms with van der Waals surface area (Å²) in [6, 6.07) is 13.6. The Morgan fingerprint density at radius 1 is 1.14 bits per heavy atom. The zero-order chi connectivity index (χ0) is 14.8. The van der Waals surface area contributed by atoms with Gasteiger partial charge in [0, 0.05) is 20.4 Å². The molecule has 0 aliphatic carbocycles. The number of methoxy groups -OCH3 is 1. The van der Waals surface area contributed by atoms with E-state index in [2.05, 4.69) is 15.9 Å². The van der Waals surface area contributed by atoms with Crippen molar-refractivity contribution in [3.63, 3.8) is 0 Å². The van der Waals surface area contributed by atoms with Crippen LogP contribution in [0.25, 0.3) is 21.8 Å². The molecule has 0 fully saturated rings. The molecule has 5 heteroatoms. The maximum absolute atomic E-state index is 6.00. The molecule has 0 N–H and O–H groups in total. The third-order valence-corrected chi connectivity index (χ3v) is 4.85. The molecule has 2 aromatic carbocycles. The number of ether oxygens (including phenoxy) is 1. The van der Waals surface area contributed by atoms with Crippen molar-refractivity contribution in [3.05, 3.63) is 57.3 Å². The van der Waals surface area contributed by atoms with Crippen LogP contribution in [-0.4, -0.2) is 12.1 Å². The van der Waals surface area contributed by atoms with Gasteiger partial charge in [-0.15, -0.1) is 11.3 Å². The minimum atomic E-state index is 0.651. The van der Waals surface area contributed by atoms with E-state index < -0.39 is 0 Å². The fraction of sp³-hybridized carbons (Fsp3) is 0.0625. The predicted molar refractivity (Wildman–Crippen MR) is 92.2 cm³/mol. The molecule has 0 saturated heterocycles. The summed E-state index contributed by atoms with van der Waals surface area (Å²) in [6.45, 7) is 0. The molecular formula is C16H11BrClNOS. The summed E-state index contributed by atoms with van der Waals surface area (Å²) in [4.78, 5) is 4.72. The summed E-state index contributed by atoms with van der Waals surface area (Å²) in [5.41, 5.74) is 2.97. The van der Waals surface area contributed by atoms with Gasteiger partial charge < -0.3 is 4.74 Å². The van der Waals surface area contributed by atoms with E-state index in [0.717, 1.165) is 32.1 Å². The fourth-order valence-corrected chi connectivity index (χ4v) is 3.53. The minimum absolute atomic E-state index is 0.651. The van der Waals surface area contributed by atoms with Crippen molar-refractivity contribution in [2.45, 2.75) is 0 Å². The van der Waals surface area contributed by atoms with Crippen molar-refractivity contribution in [1.82, 2.24) is 4.98 Å². The fourth-order valence-electron chi connectivity index (χ4n) is 2.03. The molecule has 0 bridgehead atoms. The van der Waals surface area contributed by atoms with Gasteiger partial charge in [0.2, 0.25) is 0 Å². The third-order valence-electron chi connectivity index (χ3n) is 3.05. The zero-order valence-corrected chi connectivity index (χ0v) is 14.3. The highest BCUT2D eigenvalue weighted by Crippen LogP contribution is 2.37. The van der Waals surface area contributed by atoms with Crippen LogP contribution in [0.1, 0.15) is 0 Å².